The molecule has 1 N–H and O–H groups in total. The molecule has 4 nitrogen and oxygen atoms in total. The van der Waals surface area contributed by atoms with Crippen LogP contribution < -0.4 is 5.32 Å². The van der Waals surface area contributed by atoms with Gasteiger partial charge in [-0.2, -0.15) is 13.2 Å². The summed E-state index contributed by atoms with van der Waals surface area (Å²) >= 11 is 1.67. The summed E-state index contributed by atoms with van der Waals surface area (Å²) in [5.41, 5.74) is 1.63. The molecule has 0 unspecified atom stereocenters. The van der Waals surface area contributed by atoms with Gasteiger partial charge in [0.1, 0.15) is 5.69 Å². The summed E-state index contributed by atoms with van der Waals surface area (Å²) in [6.07, 6.45) is 0.845. The van der Waals surface area contributed by atoms with Gasteiger partial charge in [0.25, 0.3) is 0 Å². The Kier molecular flexibility index (Phi) is 4.14. The molecule has 2 aromatic heterocycles. The van der Waals surface area contributed by atoms with E-state index >= 15 is 0 Å². The van der Waals surface area contributed by atoms with Gasteiger partial charge in [0.05, 0.1) is 9.88 Å². The number of anilines is 2. The summed E-state index contributed by atoms with van der Waals surface area (Å²) < 4.78 is 38.4. The van der Waals surface area contributed by atoms with Crippen LogP contribution in [0.4, 0.5) is 24.8 Å². The zero-order valence-corrected chi connectivity index (χ0v) is 14.7. The molecular weight excluding hydrogens is 361 g/mol. The minimum absolute atomic E-state index is 0.0839. The number of hydrogen-bond donors (Lipinski definition) is 1. The van der Waals surface area contributed by atoms with Gasteiger partial charge in [0.2, 0.25) is 5.95 Å². The fourth-order valence-electron chi connectivity index (χ4n) is 2.64. The van der Waals surface area contributed by atoms with Crippen LogP contribution >= 0.6 is 11.3 Å². The lowest BCUT2D eigenvalue weighted by Crippen LogP contribution is -2.10. The van der Waals surface area contributed by atoms with Crippen LogP contribution in [-0.4, -0.2) is 15.0 Å². The molecule has 8 heteroatoms. The molecule has 4 rings (SSSR count). The quantitative estimate of drug-likeness (QED) is 0.649. The lowest BCUT2D eigenvalue weighted by molar-refractivity contribution is -0.141. The predicted octanol–water partition coefficient (Wildman–Crippen LogP) is 5.55. The molecule has 1 fully saturated rings. The molecule has 1 aromatic carbocycles. The summed E-state index contributed by atoms with van der Waals surface area (Å²) in [4.78, 5) is 13.0. The second-order valence-electron chi connectivity index (χ2n) is 6.31. The average Bonchev–Trinajstić information content (AvgIpc) is 3.31. The second-order valence-corrected chi connectivity index (χ2v) is 7.38. The highest BCUT2D eigenvalue weighted by atomic mass is 32.1. The number of alkyl halides is 3. The van der Waals surface area contributed by atoms with Crippen LogP contribution in [-0.2, 0) is 6.18 Å². The number of benzene rings is 1. The van der Waals surface area contributed by atoms with E-state index in [0.717, 1.165) is 33.3 Å². The number of nitrogens with one attached hydrogen (secondary N) is 1. The number of aryl methyl sites for hydroxylation is 1. The van der Waals surface area contributed by atoms with Crippen LogP contribution in [0.1, 0.15) is 35.0 Å². The lowest BCUT2D eigenvalue weighted by Gasteiger charge is -2.10. The van der Waals surface area contributed by atoms with E-state index in [0.29, 0.717) is 11.6 Å². The first-order chi connectivity index (χ1) is 12.4. The van der Waals surface area contributed by atoms with Crippen molar-refractivity contribution >= 4 is 23.0 Å². The number of thiazole rings is 1. The predicted molar refractivity (Wildman–Crippen MR) is 94.6 cm³/mol. The van der Waals surface area contributed by atoms with E-state index in [-0.39, 0.29) is 5.95 Å². The van der Waals surface area contributed by atoms with Gasteiger partial charge in [0.15, 0.2) is 0 Å². The Labute approximate surface area is 152 Å². The van der Waals surface area contributed by atoms with E-state index in [2.05, 4.69) is 20.3 Å². The molecule has 26 heavy (non-hydrogen) atoms. The van der Waals surface area contributed by atoms with E-state index in [9.17, 15) is 13.2 Å². The third-order valence-corrected chi connectivity index (χ3v) is 5.22. The molecule has 0 bridgehead atoms. The van der Waals surface area contributed by atoms with Gasteiger partial charge in [0, 0.05) is 24.0 Å². The monoisotopic (exact) mass is 376 g/mol. The van der Waals surface area contributed by atoms with Gasteiger partial charge in [-0.3, -0.25) is 0 Å². The highest BCUT2D eigenvalue weighted by molar-refractivity contribution is 7.15. The van der Waals surface area contributed by atoms with Crippen LogP contribution in [0.2, 0.25) is 0 Å². The fourth-order valence-corrected chi connectivity index (χ4v) is 3.72. The zero-order chi connectivity index (χ0) is 18.3. The normalized spacial score (nSPS) is 14.5. The molecule has 0 radical (unpaired) electrons. The molecular formula is C18H15F3N4S. The molecule has 0 aliphatic heterocycles. The van der Waals surface area contributed by atoms with E-state index in [1.165, 1.54) is 12.8 Å². The van der Waals surface area contributed by atoms with E-state index in [4.69, 9.17) is 0 Å². The SMILES string of the molecule is Cc1cc(Nc2nccc(C(F)(F)F)n2)cc(-c2cnc(C3CC3)s2)c1. The summed E-state index contributed by atoms with van der Waals surface area (Å²) in [5, 5.41) is 4.02. The number of nitrogens with zero attached hydrogens (tertiary/aromatic N) is 3. The van der Waals surface area contributed by atoms with Crippen molar-refractivity contribution in [3.05, 3.63) is 52.9 Å². The van der Waals surface area contributed by atoms with Gasteiger partial charge < -0.3 is 5.32 Å². The van der Waals surface area contributed by atoms with Crippen molar-refractivity contribution in [2.75, 3.05) is 5.32 Å². The molecule has 0 amide bonds. The summed E-state index contributed by atoms with van der Waals surface area (Å²) in [5.74, 6) is 0.508. The molecule has 0 saturated heterocycles. The van der Waals surface area contributed by atoms with Gasteiger partial charge in [-0.05, 0) is 49.1 Å². The third-order valence-electron chi connectivity index (χ3n) is 4.01. The van der Waals surface area contributed by atoms with Crippen molar-refractivity contribution in [1.82, 2.24) is 15.0 Å². The Morgan fingerprint density at radius 1 is 1.15 bits per heavy atom. The average molecular weight is 376 g/mol. The van der Waals surface area contributed by atoms with Crippen LogP contribution in [0, 0.1) is 6.92 Å². The molecule has 2 heterocycles. The molecule has 1 saturated carbocycles. The van der Waals surface area contributed by atoms with Crippen molar-refractivity contribution in [2.24, 2.45) is 0 Å². The third kappa shape index (κ3) is 3.70. The fraction of sp³-hybridized carbons (Fsp3) is 0.278. The molecule has 1 aliphatic carbocycles. The molecule has 134 valence electrons. The van der Waals surface area contributed by atoms with Crippen LogP contribution in [0.5, 0.6) is 0 Å². The maximum atomic E-state index is 12.8. The Morgan fingerprint density at radius 2 is 1.96 bits per heavy atom. The van der Waals surface area contributed by atoms with Gasteiger partial charge in [-0.25, -0.2) is 15.0 Å². The summed E-state index contributed by atoms with van der Waals surface area (Å²) in [7, 11) is 0. The molecule has 1 aliphatic rings. The molecule has 0 atom stereocenters. The second kappa shape index (κ2) is 6.35. The largest absolute Gasteiger partial charge is 0.433 e. The number of aromatic nitrogens is 3. The van der Waals surface area contributed by atoms with Crippen LogP contribution in [0.25, 0.3) is 10.4 Å². The van der Waals surface area contributed by atoms with E-state index in [1.54, 1.807) is 11.3 Å². The Morgan fingerprint density at radius 3 is 2.69 bits per heavy atom. The maximum Gasteiger partial charge on any atom is 0.433 e. The Bertz CT molecular complexity index is 948. The van der Waals surface area contributed by atoms with Crippen molar-refractivity contribution < 1.29 is 13.2 Å². The molecule has 0 spiro atoms. The summed E-state index contributed by atoms with van der Waals surface area (Å²) in [6.45, 7) is 1.94. The number of rotatable bonds is 4. The standard InChI is InChI=1S/C18H15F3N4S/c1-10-6-12(14-9-23-16(26-14)11-2-3-11)8-13(7-10)24-17-22-5-4-15(25-17)18(19,20)21/h4-9,11H,2-3H2,1H3,(H,22,24,25). The summed E-state index contributed by atoms with van der Waals surface area (Å²) in [6, 6.07) is 6.60. The Hall–Kier alpha value is -2.48. The van der Waals surface area contributed by atoms with Crippen molar-refractivity contribution in [3.8, 4) is 10.4 Å². The van der Waals surface area contributed by atoms with E-state index < -0.39 is 11.9 Å². The first-order valence-electron chi connectivity index (χ1n) is 8.13. The Balaban J connectivity index is 1.62. The molecule has 3 aromatic rings. The zero-order valence-electron chi connectivity index (χ0n) is 13.8. The van der Waals surface area contributed by atoms with Crippen molar-refractivity contribution in [1.29, 1.82) is 0 Å². The van der Waals surface area contributed by atoms with E-state index in [1.807, 2.05) is 31.3 Å². The first kappa shape index (κ1) is 17.0. The van der Waals surface area contributed by atoms with Crippen molar-refractivity contribution in [3.63, 3.8) is 0 Å². The van der Waals surface area contributed by atoms with Crippen molar-refractivity contribution in [2.45, 2.75) is 31.9 Å². The minimum Gasteiger partial charge on any atom is -0.324 e. The minimum atomic E-state index is -4.50. The van der Waals surface area contributed by atoms with Crippen LogP contribution in [0.3, 0.4) is 0 Å². The smallest absolute Gasteiger partial charge is 0.324 e. The first-order valence-corrected chi connectivity index (χ1v) is 8.95. The van der Waals surface area contributed by atoms with Gasteiger partial charge in [-0.1, -0.05) is 6.07 Å². The van der Waals surface area contributed by atoms with Gasteiger partial charge >= 0.3 is 6.18 Å². The highest BCUT2D eigenvalue weighted by Crippen LogP contribution is 2.43. The number of halogens is 3. The lowest BCUT2D eigenvalue weighted by atomic mass is 10.1. The highest BCUT2D eigenvalue weighted by Gasteiger charge is 2.32. The maximum absolute atomic E-state index is 12.8. The van der Waals surface area contributed by atoms with Crippen LogP contribution in [0.15, 0.2) is 36.7 Å². The van der Waals surface area contributed by atoms with Gasteiger partial charge in [-0.15, -0.1) is 11.3 Å². The number of hydrogen-bond acceptors (Lipinski definition) is 5. The topological polar surface area (TPSA) is 50.7 Å².